The molecule has 146 valence electrons. The van der Waals surface area contributed by atoms with Gasteiger partial charge in [0, 0.05) is 22.9 Å². The molecule has 2 heterocycles. The molecular formula is C21H22N2O5. The third-order valence-electron chi connectivity index (χ3n) is 4.17. The summed E-state index contributed by atoms with van der Waals surface area (Å²) >= 11 is 0. The van der Waals surface area contributed by atoms with E-state index in [1.54, 1.807) is 39.2 Å². The highest BCUT2D eigenvalue weighted by molar-refractivity contribution is 6.02. The minimum absolute atomic E-state index is 0.151. The Labute approximate surface area is 162 Å². The Bertz CT molecular complexity index is 988. The molecule has 1 saturated heterocycles. The lowest BCUT2D eigenvalue weighted by Crippen LogP contribution is -2.39. The monoisotopic (exact) mass is 382 g/mol. The Kier molecular flexibility index (Phi) is 5.41. The van der Waals surface area contributed by atoms with Crippen LogP contribution in [0.3, 0.4) is 0 Å². The molecule has 1 aliphatic heterocycles. The molecule has 7 heteroatoms. The summed E-state index contributed by atoms with van der Waals surface area (Å²) in [5, 5.41) is 5.74. The van der Waals surface area contributed by atoms with Gasteiger partial charge in [-0.05, 0) is 45.4 Å². The molecule has 2 aromatic rings. The standard InChI is InChI=1S/C21H22N2O5/c1-21(2,3)28-20(26)22-10-4-5-13-6-8-17-15(11-13)16(12-27-17)14-7-9-18(24)23-19(14)25/h6,8,11-12,14H,7,9-10H2,1-3H3,(H,22,26)(H,23,24,25)/t14-/m1/s1. The minimum Gasteiger partial charge on any atom is -0.464 e. The van der Waals surface area contributed by atoms with Crippen LogP contribution in [-0.4, -0.2) is 30.1 Å². The zero-order valence-corrected chi connectivity index (χ0v) is 16.0. The summed E-state index contributed by atoms with van der Waals surface area (Å²) in [6.45, 7) is 5.52. The van der Waals surface area contributed by atoms with Crippen LogP contribution >= 0.6 is 0 Å². The number of rotatable bonds is 2. The van der Waals surface area contributed by atoms with Gasteiger partial charge in [0.15, 0.2) is 0 Å². The topological polar surface area (TPSA) is 97.6 Å². The van der Waals surface area contributed by atoms with E-state index in [1.807, 2.05) is 6.07 Å². The van der Waals surface area contributed by atoms with Gasteiger partial charge in [-0.1, -0.05) is 11.8 Å². The Morgan fingerprint density at radius 1 is 1.36 bits per heavy atom. The summed E-state index contributed by atoms with van der Waals surface area (Å²) in [6, 6.07) is 5.44. The van der Waals surface area contributed by atoms with E-state index in [0.29, 0.717) is 18.4 Å². The summed E-state index contributed by atoms with van der Waals surface area (Å²) in [6.07, 6.45) is 1.80. The molecule has 7 nitrogen and oxygen atoms in total. The maximum Gasteiger partial charge on any atom is 0.408 e. The van der Waals surface area contributed by atoms with E-state index < -0.39 is 17.6 Å². The van der Waals surface area contributed by atoms with Crippen molar-refractivity contribution < 1.29 is 23.5 Å². The van der Waals surface area contributed by atoms with Gasteiger partial charge < -0.3 is 14.5 Å². The van der Waals surface area contributed by atoms with E-state index in [1.165, 1.54) is 0 Å². The van der Waals surface area contributed by atoms with Crippen molar-refractivity contribution in [2.75, 3.05) is 6.54 Å². The first-order valence-electron chi connectivity index (χ1n) is 9.03. The number of piperidine rings is 1. The van der Waals surface area contributed by atoms with Crippen LogP contribution in [0, 0.1) is 11.8 Å². The molecule has 0 saturated carbocycles. The van der Waals surface area contributed by atoms with Crippen molar-refractivity contribution in [1.82, 2.24) is 10.6 Å². The lowest BCUT2D eigenvalue weighted by atomic mass is 9.90. The van der Waals surface area contributed by atoms with Crippen molar-refractivity contribution in [1.29, 1.82) is 0 Å². The van der Waals surface area contributed by atoms with Crippen molar-refractivity contribution in [3.05, 3.63) is 35.6 Å². The number of ether oxygens (including phenoxy) is 1. The lowest BCUT2D eigenvalue weighted by molar-refractivity contribution is -0.134. The number of hydrogen-bond donors (Lipinski definition) is 2. The highest BCUT2D eigenvalue weighted by Gasteiger charge is 2.30. The van der Waals surface area contributed by atoms with Crippen LogP contribution in [0.15, 0.2) is 28.9 Å². The summed E-state index contributed by atoms with van der Waals surface area (Å²) in [4.78, 5) is 35.1. The Morgan fingerprint density at radius 2 is 2.14 bits per heavy atom. The van der Waals surface area contributed by atoms with Gasteiger partial charge in [-0.3, -0.25) is 14.9 Å². The van der Waals surface area contributed by atoms with Crippen molar-refractivity contribution >= 4 is 28.9 Å². The second-order valence-corrected chi connectivity index (χ2v) is 7.56. The molecule has 0 unspecified atom stereocenters. The highest BCUT2D eigenvalue weighted by atomic mass is 16.6. The number of furan rings is 1. The summed E-state index contributed by atoms with van der Waals surface area (Å²) in [7, 11) is 0. The number of alkyl carbamates (subject to hydrolysis) is 1. The van der Waals surface area contributed by atoms with Crippen molar-refractivity contribution in [2.45, 2.75) is 45.1 Å². The van der Waals surface area contributed by atoms with Crippen LogP contribution in [0.5, 0.6) is 0 Å². The van der Waals surface area contributed by atoms with E-state index in [0.717, 1.165) is 16.5 Å². The zero-order valence-electron chi connectivity index (χ0n) is 16.0. The third-order valence-corrected chi connectivity index (χ3v) is 4.17. The number of nitrogens with one attached hydrogen (secondary N) is 2. The summed E-state index contributed by atoms with van der Waals surface area (Å²) < 4.78 is 10.7. The van der Waals surface area contributed by atoms with Gasteiger partial charge in [-0.2, -0.15) is 0 Å². The molecule has 1 aliphatic rings. The number of fused-ring (bicyclic) bond motifs is 1. The smallest absolute Gasteiger partial charge is 0.408 e. The predicted octanol–water partition coefficient (Wildman–Crippen LogP) is 2.83. The number of benzene rings is 1. The fourth-order valence-corrected chi connectivity index (χ4v) is 2.96. The third kappa shape index (κ3) is 4.71. The van der Waals surface area contributed by atoms with Crippen LogP contribution in [-0.2, 0) is 14.3 Å². The van der Waals surface area contributed by atoms with Gasteiger partial charge in [0.25, 0.3) is 0 Å². The average Bonchev–Trinajstić information content (AvgIpc) is 3.00. The van der Waals surface area contributed by atoms with Gasteiger partial charge >= 0.3 is 6.09 Å². The molecule has 1 atom stereocenters. The largest absolute Gasteiger partial charge is 0.464 e. The van der Waals surface area contributed by atoms with Gasteiger partial charge in [0.05, 0.1) is 18.7 Å². The van der Waals surface area contributed by atoms with Gasteiger partial charge in [-0.15, -0.1) is 0 Å². The molecular weight excluding hydrogens is 360 g/mol. The zero-order chi connectivity index (χ0) is 20.3. The number of imide groups is 1. The quantitative estimate of drug-likeness (QED) is 0.615. The molecule has 0 aliphatic carbocycles. The van der Waals surface area contributed by atoms with E-state index in [9.17, 15) is 14.4 Å². The molecule has 1 fully saturated rings. The fourth-order valence-electron chi connectivity index (χ4n) is 2.96. The minimum atomic E-state index is -0.559. The second-order valence-electron chi connectivity index (χ2n) is 7.56. The van der Waals surface area contributed by atoms with E-state index >= 15 is 0 Å². The first-order chi connectivity index (χ1) is 13.2. The average molecular weight is 382 g/mol. The van der Waals surface area contributed by atoms with E-state index in [2.05, 4.69) is 22.5 Å². The molecule has 0 bridgehead atoms. The first-order valence-corrected chi connectivity index (χ1v) is 9.03. The summed E-state index contributed by atoms with van der Waals surface area (Å²) in [5.41, 5.74) is 1.57. The fraction of sp³-hybridized carbons (Fsp3) is 0.381. The van der Waals surface area contributed by atoms with Gasteiger partial charge in [0.2, 0.25) is 11.8 Å². The molecule has 1 aromatic carbocycles. The van der Waals surface area contributed by atoms with Crippen LogP contribution in [0.25, 0.3) is 11.0 Å². The maximum atomic E-state index is 12.2. The van der Waals surface area contributed by atoms with Crippen LogP contribution < -0.4 is 10.6 Å². The Hall–Kier alpha value is -3.27. The SMILES string of the molecule is CC(C)(C)OC(=O)NCC#Cc1ccc2occ([C@H]3CCC(=O)NC3=O)c2c1. The lowest BCUT2D eigenvalue weighted by Gasteiger charge is -2.19. The van der Waals surface area contributed by atoms with Gasteiger partial charge in [0.1, 0.15) is 11.2 Å². The summed E-state index contributed by atoms with van der Waals surface area (Å²) in [5.74, 6) is 4.87. The van der Waals surface area contributed by atoms with Crippen LogP contribution in [0.1, 0.15) is 50.7 Å². The maximum absolute atomic E-state index is 12.2. The molecule has 28 heavy (non-hydrogen) atoms. The highest BCUT2D eigenvalue weighted by Crippen LogP contribution is 2.32. The molecule has 3 amide bonds. The molecule has 2 N–H and O–H groups in total. The van der Waals surface area contributed by atoms with Gasteiger partial charge in [-0.25, -0.2) is 4.79 Å². The Balaban J connectivity index is 1.72. The number of amides is 3. The number of carbonyl (C=O) groups excluding carboxylic acids is 3. The first kappa shape index (κ1) is 19.5. The van der Waals surface area contributed by atoms with E-state index in [4.69, 9.17) is 9.15 Å². The molecule has 0 radical (unpaired) electrons. The van der Waals surface area contributed by atoms with Crippen molar-refractivity contribution in [3.63, 3.8) is 0 Å². The number of carbonyl (C=O) groups is 3. The molecule has 1 aromatic heterocycles. The normalized spacial score (nSPS) is 16.9. The molecule has 3 rings (SSSR count). The van der Waals surface area contributed by atoms with Crippen molar-refractivity contribution in [2.24, 2.45) is 0 Å². The van der Waals surface area contributed by atoms with Crippen LogP contribution in [0.4, 0.5) is 4.79 Å². The predicted molar refractivity (Wildman–Crippen MR) is 102 cm³/mol. The van der Waals surface area contributed by atoms with Crippen LogP contribution in [0.2, 0.25) is 0 Å². The van der Waals surface area contributed by atoms with Crippen molar-refractivity contribution in [3.8, 4) is 11.8 Å². The molecule has 0 spiro atoms. The second kappa shape index (κ2) is 7.77. The van der Waals surface area contributed by atoms with E-state index in [-0.39, 0.29) is 18.4 Å². The Morgan fingerprint density at radius 3 is 2.86 bits per heavy atom. The number of hydrogen-bond acceptors (Lipinski definition) is 5.